The predicted molar refractivity (Wildman–Crippen MR) is 67.6 cm³/mol. The molecule has 0 bridgehead atoms. The van der Waals surface area contributed by atoms with Crippen molar-refractivity contribution in [2.45, 2.75) is 12.2 Å². The van der Waals surface area contributed by atoms with Crippen molar-refractivity contribution in [3.8, 4) is 11.5 Å². The minimum absolute atomic E-state index is 0.0900. The van der Waals surface area contributed by atoms with E-state index in [4.69, 9.17) is 0 Å². The van der Waals surface area contributed by atoms with E-state index < -0.39 is 0 Å². The molecule has 1 saturated heterocycles. The van der Waals surface area contributed by atoms with Crippen molar-refractivity contribution in [3.05, 3.63) is 23.8 Å². The van der Waals surface area contributed by atoms with Gasteiger partial charge in [-0.1, -0.05) is 6.92 Å². The van der Waals surface area contributed by atoms with Crippen LogP contribution >= 0.6 is 11.8 Å². The number of amides is 1. The Morgan fingerprint density at radius 2 is 2.00 bits per heavy atom. The minimum Gasteiger partial charge on any atom is -0.508 e. The fourth-order valence-corrected chi connectivity index (χ4v) is 2.92. The molecule has 2 rings (SSSR count). The molecule has 92 valence electrons. The fraction of sp³-hybridized carbons (Fsp3) is 0.417. The first-order valence-electron chi connectivity index (χ1n) is 5.50. The normalized spacial score (nSPS) is 20.3. The van der Waals surface area contributed by atoms with E-state index in [-0.39, 0.29) is 17.4 Å². The van der Waals surface area contributed by atoms with E-state index in [0.717, 1.165) is 5.75 Å². The maximum absolute atomic E-state index is 12.1. The summed E-state index contributed by atoms with van der Waals surface area (Å²) < 4.78 is 0. The SMILES string of the molecule is CC1CN(C(=O)c2cc(O)cc(O)c2)CCS1. The van der Waals surface area contributed by atoms with Crippen LogP contribution in [0.1, 0.15) is 17.3 Å². The monoisotopic (exact) mass is 253 g/mol. The summed E-state index contributed by atoms with van der Waals surface area (Å²) in [6.45, 7) is 3.51. The van der Waals surface area contributed by atoms with E-state index in [0.29, 0.717) is 23.9 Å². The highest BCUT2D eigenvalue weighted by molar-refractivity contribution is 7.99. The smallest absolute Gasteiger partial charge is 0.254 e. The van der Waals surface area contributed by atoms with E-state index in [9.17, 15) is 15.0 Å². The molecule has 1 aliphatic heterocycles. The number of carbonyl (C=O) groups is 1. The van der Waals surface area contributed by atoms with Crippen molar-refractivity contribution in [2.75, 3.05) is 18.8 Å². The maximum Gasteiger partial charge on any atom is 0.254 e. The molecule has 1 aliphatic rings. The average molecular weight is 253 g/mol. The molecule has 0 spiro atoms. The number of aromatic hydroxyl groups is 2. The molecular weight excluding hydrogens is 238 g/mol. The molecule has 1 amide bonds. The van der Waals surface area contributed by atoms with Crippen molar-refractivity contribution in [3.63, 3.8) is 0 Å². The van der Waals surface area contributed by atoms with Crippen molar-refractivity contribution in [1.29, 1.82) is 0 Å². The lowest BCUT2D eigenvalue weighted by Gasteiger charge is -2.30. The summed E-state index contributed by atoms with van der Waals surface area (Å²) in [5.41, 5.74) is 0.335. The first kappa shape index (κ1) is 12.1. The van der Waals surface area contributed by atoms with Crippen LogP contribution in [0.3, 0.4) is 0 Å². The van der Waals surface area contributed by atoms with Gasteiger partial charge in [-0.3, -0.25) is 4.79 Å². The number of nitrogens with zero attached hydrogens (tertiary/aromatic N) is 1. The highest BCUT2D eigenvalue weighted by Crippen LogP contribution is 2.24. The van der Waals surface area contributed by atoms with Crippen molar-refractivity contribution < 1.29 is 15.0 Å². The lowest BCUT2D eigenvalue weighted by Crippen LogP contribution is -2.40. The minimum atomic E-state index is -0.136. The fourth-order valence-electron chi connectivity index (χ4n) is 1.90. The van der Waals surface area contributed by atoms with Crippen LogP contribution in [0.4, 0.5) is 0 Å². The Balaban J connectivity index is 2.18. The molecule has 4 nitrogen and oxygen atoms in total. The van der Waals surface area contributed by atoms with Crippen molar-refractivity contribution >= 4 is 17.7 Å². The molecule has 0 aromatic heterocycles. The van der Waals surface area contributed by atoms with E-state index in [1.165, 1.54) is 18.2 Å². The number of thioether (sulfide) groups is 1. The zero-order valence-electron chi connectivity index (χ0n) is 9.59. The van der Waals surface area contributed by atoms with Gasteiger partial charge < -0.3 is 15.1 Å². The van der Waals surface area contributed by atoms with Gasteiger partial charge in [0.25, 0.3) is 5.91 Å². The number of carbonyl (C=O) groups excluding carboxylic acids is 1. The molecule has 5 heteroatoms. The molecule has 0 saturated carbocycles. The van der Waals surface area contributed by atoms with Gasteiger partial charge in [0.15, 0.2) is 0 Å². The van der Waals surface area contributed by atoms with Gasteiger partial charge in [0.2, 0.25) is 0 Å². The molecule has 17 heavy (non-hydrogen) atoms. The van der Waals surface area contributed by atoms with Crippen LogP contribution in [0.2, 0.25) is 0 Å². The third-order valence-corrected chi connectivity index (χ3v) is 3.81. The highest BCUT2D eigenvalue weighted by Gasteiger charge is 2.22. The topological polar surface area (TPSA) is 60.8 Å². The summed E-state index contributed by atoms with van der Waals surface area (Å²) in [4.78, 5) is 13.9. The van der Waals surface area contributed by atoms with Gasteiger partial charge >= 0.3 is 0 Å². The molecule has 1 aromatic rings. The second-order valence-electron chi connectivity index (χ2n) is 4.17. The zero-order chi connectivity index (χ0) is 12.4. The van der Waals surface area contributed by atoms with Crippen LogP contribution in [0.25, 0.3) is 0 Å². The Morgan fingerprint density at radius 1 is 1.35 bits per heavy atom. The summed E-state index contributed by atoms with van der Waals surface area (Å²) in [5, 5.41) is 19.1. The average Bonchev–Trinajstić information content (AvgIpc) is 2.26. The Hall–Kier alpha value is -1.36. The lowest BCUT2D eigenvalue weighted by atomic mass is 10.1. The number of phenols is 2. The largest absolute Gasteiger partial charge is 0.508 e. The Labute approximate surface area is 104 Å². The molecule has 0 radical (unpaired) electrons. The van der Waals surface area contributed by atoms with E-state index >= 15 is 0 Å². The van der Waals surface area contributed by atoms with Crippen LogP contribution in [-0.4, -0.2) is 45.1 Å². The van der Waals surface area contributed by atoms with Gasteiger partial charge in [-0.15, -0.1) is 0 Å². The first-order valence-corrected chi connectivity index (χ1v) is 6.55. The lowest BCUT2D eigenvalue weighted by molar-refractivity contribution is 0.0762. The predicted octanol–water partition coefficient (Wildman–Crippen LogP) is 1.68. The molecule has 1 unspecified atom stereocenters. The number of hydrogen-bond acceptors (Lipinski definition) is 4. The Kier molecular flexibility index (Phi) is 3.47. The van der Waals surface area contributed by atoms with Gasteiger partial charge in [0.1, 0.15) is 11.5 Å². The van der Waals surface area contributed by atoms with E-state index in [1.807, 2.05) is 11.8 Å². The molecule has 2 N–H and O–H groups in total. The van der Waals surface area contributed by atoms with Gasteiger partial charge in [-0.05, 0) is 12.1 Å². The van der Waals surface area contributed by atoms with E-state index in [2.05, 4.69) is 6.92 Å². The van der Waals surface area contributed by atoms with Gasteiger partial charge in [-0.25, -0.2) is 0 Å². The van der Waals surface area contributed by atoms with Crippen molar-refractivity contribution in [1.82, 2.24) is 4.90 Å². The summed E-state index contributed by atoms with van der Waals surface area (Å²) in [6, 6.07) is 3.98. The second kappa shape index (κ2) is 4.87. The number of benzene rings is 1. The number of rotatable bonds is 1. The third kappa shape index (κ3) is 2.85. The van der Waals surface area contributed by atoms with Crippen LogP contribution in [0.5, 0.6) is 11.5 Å². The zero-order valence-corrected chi connectivity index (χ0v) is 10.4. The summed E-state index contributed by atoms with van der Waals surface area (Å²) in [6.07, 6.45) is 0. The molecule has 1 heterocycles. The number of hydrogen-bond donors (Lipinski definition) is 2. The summed E-state index contributed by atoms with van der Waals surface area (Å²) >= 11 is 1.85. The van der Waals surface area contributed by atoms with Crippen LogP contribution in [0.15, 0.2) is 18.2 Å². The molecule has 1 fully saturated rings. The summed E-state index contributed by atoms with van der Waals surface area (Å²) in [7, 11) is 0. The van der Waals surface area contributed by atoms with Crippen LogP contribution in [-0.2, 0) is 0 Å². The van der Waals surface area contributed by atoms with E-state index in [1.54, 1.807) is 4.90 Å². The molecular formula is C12H15NO3S. The first-order chi connectivity index (χ1) is 8.06. The Morgan fingerprint density at radius 3 is 2.59 bits per heavy atom. The second-order valence-corrected chi connectivity index (χ2v) is 5.72. The Bertz CT molecular complexity index is 416. The van der Waals surface area contributed by atoms with Crippen LogP contribution in [0, 0.1) is 0 Å². The molecule has 0 aliphatic carbocycles. The quantitative estimate of drug-likeness (QED) is 0.799. The number of phenolic OH excluding ortho intramolecular Hbond substituents is 2. The van der Waals surface area contributed by atoms with Crippen molar-refractivity contribution in [2.24, 2.45) is 0 Å². The third-order valence-electron chi connectivity index (χ3n) is 2.68. The standard InChI is InChI=1S/C12H15NO3S/c1-8-7-13(2-3-17-8)12(16)9-4-10(14)6-11(15)5-9/h4-6,8,14-15H,2-3,7H2,1H3. The van der Waals surface area contributed by atoms with Gasteiger partial charge in [-0.2, -0.15) is 11.8 Å². The van der Waals surface area contributed by atoms with Crippen LogP contribution < -0.4 is 0 Å². The molecule has 1 atom stereocenters. The highest BCUT2D eigenvalue weighted by atomic mass is 32.2. The van der Waals surface area contributed by atoms with Gasteiger partial charge in [0, 0.05) is 35.7 Å². The van der Waals surface area contributed by atoms with Gasteiger partial charge in [0.05, 0.1) is 0 Å². The summed E-state index contributed by atoms with van der Waals surface area (Å²) in [5.74, 6) is 0.612. The molecule has 1 aromatic carbocycles. The maximum atomic E-state index is 12.1.